The minimum Gasteiger partial charge on any atom is -0.362 e. The lowest BCUT2D eigenvalue weighted by Gasteiger charge is -2.35. The van der Waals surface area contributed by atoms with Gasteiger partial charge in [-0.2, -0.15) is 0 Å². The highest BCUT2D eigenvalue weighted by Crippen LogP contribution is 2.29. The maximum Gasteiger partial charge on any atom is 0.151 e. The molecule has 2 heteroatoms. The number of carbonyl (C=O) groups is 1. The van der Waals surface area contributed by atoms with Gasteiger partial charge in [0, 0.05) is 12.2 Å². The van der Waals surface area contributed by atoms with Crippen molar-refractivity contribution in [2.75, 3.05) is 11.4 Å². The third-order valence-corrected chi connectivity index (χ3v) is 3.45. The van der Waals surface area contributed by atoms with Gasteiger partial charge in [0.15, 0.2) is 5.78 Å². The van der Waals surface area contributed by atoms with Gasteiger partial charge in [0.05, 0.1) is 6.04 Å². The summed E-state index contributed by atoms with van der Waals surface area (Å²) in [6.07, 6.45) is 2.28. The summed E-state index contributed by atoms with van der Waals surface area (Å²) in [5.74, 6) is 0.244. The molecule has 1 aromatic rings. The number of anilines is 1. The minimum atomic E-state index is 0.00163. The summed E-state index contributed by atoms with van der Waals surface area (Å²) >= 11 is 0. The molecule has 0 unspecified atom stereocenters. The third kappa shape index (κ3) is 1.97. The van der Waals surface area contributed by atoms with E-state index in [0.717, 1.165) is 19.4 Å². The Morgan fingerprint density at radius 2 is 2.19 bits per heavy atom. The van der Waals surface area contributed by atoms with Crippen molar-refractivity contribution in [1.29, 1.82) is 0 Å². The Labute approximate surface area is 97.3 Å². The van der Waals surface area contributed by atoms with Crippen molar-refractivity contribution in [3.63, 3.8) is 0 Å². The number of carbonyl (C=O) groups excluding carboxylic acids is 1. The lowest BCUT2D eigenvalue weighted by atomic mass is 9.97. The van der Waals surface area contributed by atoms with Gasteiger partial charge < -0.3 is 4.90 Å². The Balaban J connectivity index is 2.36. The first-order chi connectivity index (χ1) is 7.59. The molecule has 0 radical (unpaired) electrons. The van der Waals surface area contributed by atoms with E-state index in [0.29, 0.717) is 0 Å². The van der Waals surface area contributed by atoms with Crippen molar-refractivity contribution in [3.8, 4) is 0 Å². The predicted molar refractivity (Wildman–Crippen MR) is 67.0 cm³/mol. The second-order valence-electron chi connectivity index (χ2n) is 4.72. The molecule has 0 fully saturated rings. The minimum absolute atomic E-state index is 0.00163. The maximum atomic E-state index is 11.5. The first-order valence-corrected chi connectivity index (χ1v) is 5.96. The maximum absolute atomic E-state index is 11.5. The standard InChI is InChI=1S/C14H19NO/c1-10-6-7-14-13(9-10)5-4-8-15(14)11(2)12(3)16/h6-7,9,11H,4-5,8H2,1-3H3/t11-/m1/s1. The number of aryl methyl sites for hydroxylation is 2. The van der Waals surface area contributed by atoms with E-state index in [1.807, 2.05) is 6.92 Å². The quantitative estimate of drug-likeness (QED) is 0.759. The number of hydrogen-bond donors (Lipinski definition) is 0. The Hall–Kier alpha value is -1.31. The van der Waals surface area contributed by atoms with Gasteiger partial charge in [-0.15, -0.1) is 0 Å². The van der Waals surface area contributed by atoms with Crippen molar-refractivity contribution in [1.82, 2.24) is 0 Å². The van der Waals surface area contributed by atoms with Crippen LogP contribution in [0.4, 0.5) is 5.69 Å². The molecular weight excluding hydrogens is 198 g/mol. The molecule has 1 aromatic carbocycles. The SMILES string of the molecule is CC(=O)[C@@H](C)N1CCCc2cc(C)ccc21. The van der Waals surface area contributed by atoms with Crippen LogP contribution in [0.25, 0.3) is 0 Å². The van der Waals surface area contributed by atoms with E-state index < -0.39 is 0 Å². The van der Waals surface area contributed by atoms with Crippen LogP contribution in [0.15, 0.2) is 18.2 Å². The van der Waals surface area contributed by atoms with E-state index in [2.05, 4.69) is 30.0 Å². The van der Waals surface area contributed by atoms with E-state index in [-0.39, 0.29) is 11.8 Å². The molecule has 0 saturated carbocycles. The normalized spacial score (nSPS) is 16.8. The average molecular weight is 217 g/mol. The number of ketones is 1. The van der Waals surface area contributed by atoms with Crippen LogP contribution >= 0.6 is 0 Å². The molecule has 0 aromatic heterocycles. The topological polar surface area (TPSA) is 20.3 Å². The second kappa shape index (κ2) is 4.28. The lowest BCUT2D eigenvalue weighted by Crippen LogP contribution is -2.41. The number of Topliss-reactive ketones (excluding diaryl/α,β-unsaturated/α-hetero) is 1. The summed E-state index contributed by atoms with van der Waals surface area (Å²) in [7, 11) is 0. The van der Waals surface area contributed by atoms with Crippen LogP contribution in [0.5, 0.6) is 0 Å². The van der Waals surface area contributed by atoms with E-state index in [4.69, 9.17) is 0 Å². The largest absolute Gasteiger partial charge is 0.362 e. The molecule has 16 heavy (non-hydrogen) atoms. The summed E-state index contributed by atoms with van der Waals surface area (Å²) in [5.41, 5.74) is 3.94. The average Bonchev–Trinajstić information content (AvgIpc) is 2.26. The highest BCUT2D eigenvalue weighted by Gasteiger charge is 2.23. The molecule has 0 spiro atoms. The molecule has 0 N–H and O–H groups in total. The van der Waals surface area contributed by atoms with Crippen LogP contribution in [0, 0.1) is 6.92 Å². The van der Waals surface area contributed by atoms with Crippen molar-refractivity contribution in [3.05, 3.63) is 29.3 Å². The van der Waals surface area contributed by atoms with Gasteiger partial charge in [0.25, 0.3) is 0 Å². The van der Waals surface area contributed by atoms with Crippen molar-refractivity contribution >= 4 is 11.5 Å². The van der Waals surface area contributed by atoms with Crippen molar-refractivity contribution in [2.24, 2.45) is 0 Å². The van der Waals surface area contributed by atoms with Gasteiger partial charge in [-0.25, -0.2) is 0 Å². The second-order valence-corrected chi connectivity index (χ2v) is 4.72. The molecule has 1 atom stereocenters. The molecule has 0 bridgehead atoms. The lowest BCUT2D eigenvalue weighted by molar-refractivity contribution is -0.117. The van der Waals surface area contributed by atoms with E-state index in [9.17, 15) is 4.79 Å². The molecule has 1 heterocycles. The number of hydrogen-bond acceptors (Lipinski definition) is 2. The van der Waals surface area contributed by atoms with Crippen LogP contribution in [0.3, 0.4) is 0 Å². The van der Waals surface area contributed by atoms with Crippen molar-refractivity contribution < 1.29 is 4.79 Å². The Bertz CT molecular complexity index is 411. The molecule has 0 aliphatic carbocycles. The zero-order valence-corrected chi connectivity index (χ0v) is 10.3. The van der Waals surface area contributed by atoms with Crippen LogP contribution < -0.4 is 4.90 Å². The summed E-state index contributed by atoms with van der Waals surface area (Å²) in [6, 6.07) is 6.53. The number of rotatable bonds is 2. The summed E-state index contributed by atoms with van der Waals surface area (Å²) in [5, 5.41) is 0. The Morgan fingerprint density at radius 1 is 1.44 bits per heavy atom. The molecule has 0 amide bonds. The van der Waals surface area contributed by atoms with Crippen LogP contribution in [-0.2, 0) is 11.2 Å². The Kier molecular flexibility index (Phi) is 2.99. The number of nitrogens with zero attached hydrogens (tertiary/aromatic N) is 1. The zero-order chi connectivity index (χ0) is 11.7. The highest BCUT2D eigenvalue weighted by molar-refractivity contribution is 5.85. The van der Waals surface area contributed by atoms with Gasteiger partial charge in [-0.05, 0) is 45.2 Å². The fourth-order valence-electron chi connectivity index (χ4n) is 2.38. The fourth-order valence-corrected chi connectivity index (χ4v) is 2.38. The van der Waals surface area contributed by atoms with Gasteiger partial charge in [-0.1, -0.05) is 17.7 Å². The van der Waals surface area contributed by atoms with Crippen LogP contribution in [0.2, 0.25) is 0 Å². The highest BCUT2D eigenvalue weighted by atomic mass is 16.1. The molecule has 2 nitrogen and oxygen atoms in total. The van der Waals surface area contributed by atoms with Gasteiger partial charge in [0.2, 0.25) is 0 Å². The molecule has 0 saturated heterocycles. The van der Waals surface area contributed by atoms with E-state index >= 15 is 0 Å². The van der Waals surface area contributed by atoms with Crippen LogP contribution in [-0.4, -0.2) is 18.4 Å². The summed E-state index contributed by atoms with van der Waals surface area (Å²) in [6.45, 7) is 6.79. The van der Waals surface area contributed by atoms with E-state index in [1.165, 1.54) is 16.8 Å². The zero-order valence-electron chi connectivity index (χ0n) is 10.3. The van der Waals surface area contributed by atoms with Crippen LogP contribution in [0.1, 0.15) is 31.4 Å². The first kappa shape index (κ1) is 11.2. The molecule has 2 rings (SSSR count). The third-order valence-electron chi connectivity index (χ3n) is 3.45. The first-order valence-electron chi connectivity index (χ1n) is 5.96. The molecule has 1 aliphatic heterocycles. The van der Waals surface area contributed by atoms with Crippen molar-refractivity contribution in [2.45, 2.75) is 39.7 Å². The Morgan fingerprint density at radius 3 is 2.88 bits per heavy atom. The summed E-state index contributed by atoms with van der Waals surface area (Å²) in [4.78, 5) is 13.7. The summed E-state index contributed by atoms with van der Waals surface area (Å²) < 4.78 is 0. The molecular formula is C14H19NO. The molecule has 86 valence electrons. The van der Waals surface area contributed by atoms with Gasteiger partial charge in [-0.3, -0.25) is 4.79 Å². The fraction of sp³-hybridized carbons (Fsp3) is 0.500. The van der Waals surface area contributed by atoms with Gasteiger partial charge >= 0.3 is 0 Å². The number of benzene rings is 1. The number of fused-ring (bicyclic) bond motifs is 1. The smallest absolute Gasteiger partial charge is 0.151 e. The van der Waals surface area contributed by atoms with Gasteiger partial charge in [0.1, 0.15) is 0 Å². The predicted octanol–water partition coefficient (Wildman–Crippen LogP) is 2.73. The molecule has 1 aliphatic rings. The monoisotopic (exact) mass is 217 g/mol. The van der Waals surface area contributed by atoms with E-state index in [1.54, 1.807) is 6.92 Å².